The van der Waals surface area contributed by atoms with Crippen molar-refractivity contribution in [1.82, 2.24) is 0 Å². The van der Waals surface area contributed by atoms with E-state index in [-0.39, 0.29) is 73.2 Å². The zero-order valence-corrected chi connectivity index (χ0v) is 37.3. The van der Waals surface area contributed by atoms with Gasteiger partial charge in [-0.1, -0.05) is 34.6 Å². The first-order valence-electron chi connectivity index (χ1n) is 20.4. The molecule has 6 aliphatic rings. The molecule has 2 aliphatic heterocycles. The monoisotopic (exact) mass is 864 g/mol. The number of fused-ring (bicyclic) bond motifs is 5. The van der Waals surface area contributed by atoms with Crippen LogP contribution in [-0.2, 0) is 38.3 Å². The van der Waals surface area contributed by atoms with Crippen LogP contribution in [0.25, 0.3) is 0 Å². The van der Waals surface area contributed by atoms with Crippen molar-refractivity contribution in [3.63, 3.8) is 0 Å². The standard InChI is InChI=1S/C38H66O18S.Na/c1-16(2)22(53-35-31(27(44)23(14-39)54-35)55-34-28(45)29(51-6)21(42)15-52-34)8-7-17(3)18-13-20(41)32-36(18,4)12-10-24-37(5)11-9-19(40)26(43)25(37)30(56-57(48,49)50)33(46)38(24,32)47;/h16-35,39-47H,7-15H2,1-6H3,(H,48,49,50);/q;+1/p-1/t17-,18?,19+,20-,21-,22+,23+,24?,25?,26+,27?,28?,29?,30-,31?,32?,33-,34+,35-,36-,37-,38?;/m1./s1. The molecule has 20 heteroatoms. The van der Waals surface area contributed by atoms with Gasteiger partial charge in [0.05, 0.1) is 37.6 Å². The van der Waals surface area contributed by atoms with Crippen LogP contribution in [0.5, 0.6) is 0 Å². The second-order valence-corrected chi connectivity index (χ2v) is 19.7. The van der Waals surface area contributed by atoms with Gasteiger partial charge in [0.2, 0.25) is 10.4 Å². The molecule has 0 spiro atoms. The van der Waals surface area contributed by atoms with Crippen molar-refractivity contribution >= 4 is 10.4 Å². The Kier molecular flexibility index (Phi) is 15.7. The van der Waals surface area contributed by atoms with Crippen LogP contribution >= 0.6 is 0 Å². The average Bonchev–Trinajstić information content (AvgIpc) is 3.58. The van der Waals surface area contributed by atoms with Crippen molar-refractivity contribution in [2.75, 3.05) is 20.3 Å². The predicted octanol–water partition coefficient (Wildman–Crippen LogP) is -4.49. The summed E-state index contributed by atoms with van der Waals surface area (Å²) in [6.07, 6.45) is -15.2. The third-order valence-electron chi connectivity index (χ3n) is 15.2. The summed E-state index contributed by atoms with van der Waals surface area (Å²) in [5, 5.41) is 100. The smallest absolute Gasteiger partial charge is 0.726 e. The van der Waals surface area contributed by atoms with Gasteiger partial charge in [-0.25, -0.2) is 8.42 Å². The molecule has 0 aromatic rings. The van der Waals surface area contributed by atoms with E-state index in [9.17, 15) is 58.9 Å². The molecule has 58 heavy (non-hydrogen) atoms. The van der Waals surface area contributed by atoms with Crippen molar-refractivity contribution in [3.8, 4) is 0 Å². The summed E-state index contributed by atoms with van der Waals surface area (Å²) in [5.74, 6) is -3.22. The van der Waals surface area contributed by atoms with Gasteiger partial charge in [-0.3, -0.25) is 4.18 Å². The van der Waals surface area contributed by atoms with Gasteiger partial charge in [-0.2, -0.15) is 0 Å². The Hall–Kier alpha value is 0.310. The molecular weight excluding hydrogens is 799 g/mol. The first-order chi connectivity index (χ1) is 26.5. The molecule has 2 heterocycles. The molecule has 2 saturated heterocycles. The fraction of sp³-hybridized carbons (Fsp3) is 1.00. The summed E-state index contributed by atoms with van der Waals surface area (Å²) in [6, 6.07) is 0. The molecule has 18 nitrogen and oxygen atoms in total. The number of methoxy groups -OCH3 is 1. The van der Waals surface area contributed by atoms with Gasteiger partial charge in [0, 0.05) is 18.9 Å². The summed E-state index contributed by atoms with van der Waals surface area (Å²) in [5.41, 5.74) is -3.94. The van der Waals surface area contributed by atoms with Crippen LogP contribution in [0.1, 0.15) is 79.6 Å². The average molecular weight is 865 g/mol. The number of hydrogen-bond acceptors (Lipinski definition) is 18. The largest absolute Gasteiger partial charge is 1.00 e. The van der Waals surface area contributed by atoms with E-state index in [0.29, 0.717) is 25.7 Å². The quantitative estimate of drug-likeness (QED) is 0.0479. The van der Waals surface area contributed by atoms with E-state index in [1.807, 2.05) is 27.7 Å². The fourth-order valence-corrected chi connectivity index (χ4v) is 13.0. The fourth-order valence-electron chi connectivity index (χ4n) is 12.5. The summed E-state index contributed by atoms with van der Waals surface area (Å²) in [4.78, 5) is 0. The van der Waals surface area contributed by atoms with E-state index in [1.54, 1.807) is 6.92 Å². The van der Waals surface area contributed by atoms with Gasteiger partial charge >= 0.3 is 29.6 Å². The molecule has 332 valence electrons. The van der Waals surface area contributed by atoms with Crippen LogP contribution in [0, 0.1) is 46.3 Å². The van der Waals surface area contributed by atoms with Crippen molar-refractivity contribution in [2.24, 2.45) is 46.3 Å². The van der Waals surface area contributed by atoms with E-state index < -0.39 is 137 Å². The zero-order valence-electron chi connectivity index (χ0n) is 34.5. The van der Waals surface area contributed by atoms with Gasteiger partial charge in [-0.15, -0.1) is 0 Å². The van der Waals surface area contributed by atoms with E-state index in [4.69, 9.17) is 27.9 Å². The van der Waals surface area contributed by atoms with Crippen LogP contribution in [-0.4, -0.2) is 171 Å². The second kappa shape index (κ2) is 18.4. The number of rotatable bonds is 13. The van der Waals surface area contributed by atoms with Crippen LogP contribution in [0.4, 0.5) is 0 Å². The minimum Gasteiger partial charge on any atom is -0.726 e. The SMILES string of the molecule is COC1C(O)[C@H](OC2C(O)[C@H](CO)O[C@H]2O[C@@H](CC[C@@H](C)C2C[C@@H](O)C3C4(O)C(CC[C@]23C)[C@@]2(C)CC[C@H](O)[C@H](O)C2[C@@H](OS(=O)(=O)[O-])[C@H]4O)C(C)C)OC[C@H]1O.[Na+]. The van der Waals surface area contributed by atoms with Crippen LogP contribution in [0.3, 0.4) is 0 Å². The first kappa shape index (κ1) is 49.3. The Balaban J connectivity index is 0.00000641. The maximum atomic E-state index is 12.8. The molecule has 0 radical (unpaired) electrons. The van der Waals surface area contributed by atoms with Gasteiger partial charge in [0.1, 0.15) is 54.4 Å². The van der Waals surface area contributed by atoms with Crippen LogP contribution in [0.2, 0.25) is 0 Å². The molecule has 4 saturated carbocycles. The third-order valence-corrected chi connectivity index (χ3v) is 15.7. The summed E-state index contributed by atoms with van der Waals surface area (Å²) in [6.45, 7) is 8.92. The van der Waals surface area contributed by atoms with E-state index in [0.717, 1.165) is 0 Å². The van der Waals surface area contributed by atoms with Crippen molar-refractivity contribution < 1.29 is 116 Å². The Morgan fingerprint density at radius 2 is 1.50 bits per heavy atom. The van der Waals surface area contributed by atoms with Crippen LogP contribution in [0.15, 0.2) is 0 Å². The predicted molar refractivity (Wildman–Crippen MR) is 194 cm³/mol. The van der Waals surface area contributed by atoms with E-state index >= 15 is 0 Å². The molecule has 0 bridgehead atoms. The Morgan fingerprint density at radius 1 is 0.845 bits per heavy atom. The van der Waals surface area contributed by atoms with Crippen molar-refractivity contribution in [3.05, 3.63) is 0 Å². The Bertz CT molecular complexity index is 1500. The Labute approximate surface area is 362 Å². The van der Waals surface area contributed by atoms with E-state index in [1.165, 1.54) is 7.11 Å². The molecule has 4 aliphatic carbocycles. The topological polar surface area (TPSA) is 295 Å². The molecule has 6 rings (SSSR count). The molecular formula is C38H65NaO18S. The molecule has 6 fully saturated rings. The minimum atomic E-state index is -5.44. The second-order valence-electron chi connectivity index (χ2n) is 18.7. The molecule has 0 aromatic carbocycles. The summed E-state index contributed by atoms with van der Waals surface area (Å²) < 4.78 is 70.1. The van der Waals surface area contributed by atoms with Crippen molar-refractivity contribution in [2.45, 2.75) is 171 Å². The van der Waals surface area contributed by atoms with Gasteiger partial charge in [0.15, 0.2) is 12.6 Å². The summed E-state index contributed by atoms with van der Waals surface area (Å²) >= 11 is 0. The van der Waals surface area contributed by atoms with Crippen molar-refractivity contribution in [1.29, 1.82) is 0 Å². The van der Waals surface area contributed by atoms with Gasteiger partial charge < -0.3 is 74.2 Å². The third kappa shape index (κ3) is 8.63. The summed E-state index contributed by atoms with van der Waals surface area (Å²) in [7, 11) is -4.11. The van der Waals surface area contributed by atoms with E-state index in [2.05, 4.69) is 0 Å². The number of ether oxygens (including phenoxy) is 5. The molecule has 0 aromatic heterocycles. The minimum absolute atomic E-state index is 0. The normalized spacial score (nSPS) is 50.4. The maximum absolute atomic E-state index is 12.8. The number of hydrogen-bond donors (Lipinski definition) is 9. The van der Waals surface area contributed by atoms with Crippen LogP contribution < -0.4 is 29.6 Å². The molecule has 9 unspecified atom stereocenters. The maximum Gasteiger partial charge on any atom is 1.00 e. The first-order valence-corrected chi connectivity index (χ1v) is 21.7. The number of aliphatic hydroxyl groups excluding tert-OH is 8. The Morgan fingerprint density at radius 3 is 2.10 bits per heavy atom. The van der Waals surface area contributed by atoms with Gasteiger partial charge in [0.25, 0.3) is 0 Å². The zero-order chi connectivity index (χ0) is 42.2. The molecule has 9 N–H and O–H groups in total. The van der Waals surface area contributed by atoms with Gasteiger partial charge in [-0.05, 0) is 79.4 Å². The molecule has 22 atom stereocenters. The molecule has 0 amide bonds. The number of aliphatic hydroxyl groups is 9.